The Labute approximate surface area is 132 Å². The zero-order valence-electron chi connectivity index (χ0n) is 11.4. The van der Waals surface area contributed by atoms with Gasteiger partial charge in [0, 0.05) is 21.4 Å². The molecule has 0 fully saturated rings. The third kappa shape index (κ3) is 2.61. The van der Waals surface area contributed by atoms with E-state index < -0.39 is 0 Å². The normalized spacial score (nSPS) is 21.3. The van der Waals surface area contributed by atoms with Crippen molar-refractivity contribution >= 4 is 27.7 Å². The summed E-state index contributed by atoms with van der Waals surface area (Å²) in [6.07, 6.45) is 1.07. The maximum atomic E-state index is 5.55. The van der Waals surface area contributed by atoms with Crippen molar-refractivity contribution in [1.82, 2.24) is 0 Å². The molecular weight excluding hydrogens is 332 g/mol. The Balaban J connectivity index is 1.99. The van der Waals surface area contributed by atoms with E-state index in [9.17, 15) is 0 Å². The van der Waals surface area contributed by atoms with Crippen LogP contribution < -0.4 is 4.74 Å². The molecule has 2 aromatic carbocycles. The van der Waals surface area contributed by atoms with Crippen molar-refractivity contribution in [2.75, 3.05) is 12.4 Å². The zero-order valence-corrected chi connectivity index (χ0v) is 13.8. The van der Waals surface area contributed by atoms with Gasteiger partial charge in [-0.2, -0.15) is 0 Å². The minimum absolute atomic E-state index is 0.445. The molecule has 0 spiro atoms. The van der Waals surface area contributed by atoms with Gasteiger partial charge >= 0.3 is 0 Å². The van der Waals surface area contributed by atoms with Crippen LogP contribution in [0.3, 0.4) is 0 Å². The first-order chi connectivity index (χ1) is 9.83. The van der Waals surface area contributed by atoms with Gasteiger partial charge < -0.3 is 4.74 Å². The SMILES string of the molecule is COc1cccc2c1C(CBr)SC(c1ccccc1)C2. The van der Waals surface area contributed by atoms with Gasteiger partial charge in [-0.05, 0) is 23.6 Å². The first-order valence-electron chi connectivity index (χ1n) is 6.75. The van der Waals surface area contributed by atoms with E-state index in [-0.39, 0.29) is 0 Å². The third-order valence-corrected chi connectivity index (χ3v) is 6.32. The van der Waals surface area contributed by atoms with Crippen molar-refractivity contribution in [3.8, 4) is 5.75 Å². The van der Waals surface area contributed by atoms with Crippen LogP contribution in [0.5, 0.6) is 5.75 Å². The number of thioether (sulfide) groups is 1. The molecule has 0 saturated carbocycles. The third-order valence-electron chi connectivity index (χ3n) is 3.74. The number of hydrogen-bond donors (Lipinski definition) is 0. The van der Waals surface area contributed by atoms with Crippen molar-refractivity contribution < 1.29 is 4.74 Å². The monoisotopic (exact) mass is 348 g/mol. The second kappa shape index (κ2) is 6.23. The van der Waals surface area contributed by atoms with Crippen LogP contribution in [-0.2, 0) is 6.42 Å². The van der Waals surface area contributed by atoms with Crippen LogP contribution in [0, 0.1) is 0 Å². The molecule has 0 saturated heterocycles. The van der Waals surface area contributed by atoms with Gasteiger partial charge in [-0.1, -0.05) is 58.4 Å². The first-order valence-corrected chi connectivity index (χ1v) is 8.82. The lowest BCUT2D eigenvalue weighted by Crippen LogP contribution is -2.14. The Bertz CT molecular complexity index is 585. The van der Waals surface area contributed by atoms with Gasteiger partial charge in [0.15, 0.2) is 0 Å². The van der Waals surface area contributed by atoms with Crippen LogP contribution >= 0.6 is 27.7 Å². The fourth-order valence-corrected chi connectivity index (χ4v) is 5.05. The summed E-state index contributed by atoms with van der Waals surface area (Å²) in [6.45, 7) is 0. The largest absolute Gasteiger partial charge is 0.496 e. The Morgan fingerprint density at radius 3 is 2.65 bits per heavy atom. The average molecular weight is 349 g/mol. The molecular formula is C17H17BrOS. The smallest absolute Gasteiger partial charge is 0.123 e. The summed E-state index contributed by atoms with van der Waals surface area (Å²) in [5.74, 6) is 1.02. The molecule has 0 bridgehead atoms. The number of fused-ring (bicyclic) bond motifs is 1. The number of alkyl halides is 1. The molecule has 1 heterocycles. The fourth-order valence-electron chi connectivity index (χ4n) is 2.80. The summed E-state index contributed by atoms with van der Waals surface area (Å²) >= 11 is 5.70. The van der Waals surface area contributed by atoms with Crippen molar-refractivity contribution in [2.45, 2.75) is 16.9 Å². The van der Waals surface area contributed by atoms with Crippen LogP contribution in [0.4, 0.5) is 0 Å². The quantitative estimate of drug-likeness (QED) is 0.708. The van der Waals surface area contributed by atoms with E-state index in [1.165, 1.54) is 16.7 Å². The van der Waals surface area contributed by atoms with Crippen molar-refractivity contribution in [3.63, 3.8) is 0 Å². The summed E-state index contributed by atoms with van der Waals surface area (Å²) in [5.41, 5.74) is 4.20. The average Bonchev–Trinajstić information content (AvgIpc) is 2.53. The van der Waals surface area contributed by atoms with Gasteiger partial charge in [0.25, 0.3) is 0 Å². The highest BCUT2D eigenvalue weighted by atomic mass is 79.9. The topological polar surface area (TPSA) is 9.23 Å². The van der Waals surface area contributed by atoms with Crippen LogP contribution in [-0.4, -0.2) is 12.4 Å². The number of hydrogen-bond acceptors (Lipinski definition) is 2. The van der Waals surface area contributed by atoms with Gasteiger partial charge in [-0.15, -0.1) is 11.8 Å². The van der Waals surface area contributed by atoms with Gasteiger partial charge in [0.05, 0.1) is 7.11 Å². The Morgan fingerprint density at radius 2 is 1.95 bits per heavy atom. The summed E-state index contributed by atoms with van der Waals surface area (Å²) in [7, 11) is 1.76. The number of halogens is 1. The van der Waals surface area contributed by atoms with E-state index >= 15 is 0 Å². The second-order valence-corrected chi connectivity index (χ2v) is 6.97. The van der Waals surface area contributed by atoms with E-state index in [4.69, 9.17) is 4.74 Å². The van der Waals surface area contributed by atoms with Gasteiger partial charge in [-0.25, -0.2) is 0 Å². The summed E-state index contributed by atoms with van der Waals surface area (Å²) in [4.78, 5) is 0. The van der Waals surface area contributed by atoms with Gasteiger partial charge in [-0.3, -0.25) is 0 Å². The molecule has 3 rings (SSSR count). The molecule has 20 heavy (non-hydrogen) atoms. The molecule has 0 amide bonds. The first kappa shape index (κ1) is 14.0. The second-order valence-electron chi connectivity index (χ2n) is 4.92. The molecule has 2 atom stereocenters. The molecule has 2 aromatic rings. The lowest BCUT2D eigenvalue weighted by Gasteiger charge is -2.31. The van der Waals surface area contributed by atoms with Crippen LogP contribution in [0.1, 0.15) is 27.2 Å². The van der Waals surface area contributed by atoms with Crippen LogP contribution in [0.25, 0.3) is 0 Å². The molecule has 3 heteroatoms. The van der Waals surface area contributed by atoms with Crippen LogP contribution in [0.15, 0.2) is 48.5 Å². The molecule has 1 nitrogen and oxygen atoms in total. The molecule has 0 aliphatic carbocycles. The highest BCUT2D eigenvalue weighted by Crippen LogP contribution is 2.51. The van der Waals surface area contributed by atoms with E-state index in [2.05, 4.69) is 64.5 Å². The van der Waals surface area contributed by atoms with Crippen molar-refractivity contribution in [3.05, 3.63) is 65.2 Å². The lowest BCUT2D eigenvalue weighted by molar-refractivity contribution is 0.409. The van der Waals surface area contributed by atoms with Gasteiger partial charge in [0.2, 0.25) is 0 Å². The van der Waals surface area contributed by atoms with Crippen LogP contribution in [0.2, 0.25) is 0 Å². The molecule has 104 valence electrons. The molecule has 0 aromatic heterocycles. The number of benzene rings is 2. The summed E-state index contributed by atoms with van der Waals surface area (Å²) in [6, 6.07) is 17.2. The number of ether oxygens (including phenoxy) is 1. The maximum Gasteiger partial charge on any atom is 0.123 e. The molecule has 2 unspecified atom stereocenters. The van der Waals surface area contributed by atoms with Gasteiger partial charge in [0.1, 0.15) is 5.75 Å². The predicted molar refractivity (Wildman–Crippen MR) is 90.0 cm³/mol. The molecule has 0 radical (unpaired) electrons. The molecule has 1 aliphatic rings. The minimum Gasteiger partial charge on any atom is -0.496 e. The standard InChI is InChI=1S/C17H17BrOS/c1-19-14-9-5-8-13-10-15(12-6-3-2-4-7-12)20-16(11-18)17(13)14/h2-9,15-16H,10-11H2,1H3. The highest BCUT2D eigenvalue weighted by Gasteiger charge is 2.30. The number of methoxy groups -OCH3 is 1. The summed E-state index contributed by atoms with van der Waals surface area (Å²) in [5, 5.41) is 1.92. The van der Waals surface area contributed by atoms with E-state index in [0.717, 1.165) is 17.5 Å². The zero-order chi connectivity index (χ0) is 13.9. The van der Waals surface area contributed by atoms with Crippen molar-refractivity contribution in [2.24, 2.45) is 0 Å². The Morgan fingerprint density at radius 1 is 1.15 bits per heavy atom. The molecule has 0 N–H and O–H groups in total. The predicted octanol–water partition coefficient (Wildman–Crippen LogP) is 5.16. The summed E-state index contributed by atoms with van der Waals surface area (Å²) < 4.78 is 5.55. The Hall–Kier alpha value is -0.930. The number of rotatable bonds is 3. The minimum atomic E-state index is 0.445. The molecule has 1 aliphatic heterocycles. The van der Waals surface area contributed by atoms with E-state index in [1.54, 1.807) is 7.11 Å². The van der Waals surface area contributed by atoms with E-state index in [1.807, 2.05) is 11.8 Å². The highest BCUT2D eigenvalue weighted by molar-refractivity contribution is 9.09. The van der Waals surface area contributed by atoms with Crippen molar-refractivity contribution in [1.29, 1.82) is 0 Å². The maximum absolute atomic E-state index is 5.55. The fraction of sp³-hybridized carbons (Fsp3) is 0.294. The lowest BCUT2D eigenvalue weighted by atomic mass is 9.96. The van der Waals surface area contributed by atoms with E-state index in [0.29, 0.717) is 10.5 Å². The Kier molecular flexibility index (Phi) is 4.37.